The molecule has 2 heterocycles. The number of amides is 1. The van der Waals surface area contributed by atoms with Crippen molar-refractivity contribution in [3.63, 3.8) is 0 Å². The van der Waals surface area contributed by atoms with Gasteiger partial charge >= 0.3 is 0 Å². The number of hydrogen-bond donors (Lipinski definition) is 1. The Balaban J connectivity index is 1.37. The Morgan fingerprint density at radius 1 is 1.07 bits per heavy atom. The van der Waals surface area contributed by atoms with Crippen molar-refractivity contribution in [2.24, 2.45) is 0 Å². The molecule has 0 unspecified atom stereocenters. The maximum absolute atomic E-state index is 12.3. The Hall–Kier alpha value is -3.25. The lowest BCUT2D eigenvalue weighted by Crippen LogP contribution is -2.14. The molecule has 0 fully saturated rings. The predicted octanol–water partition coefficient (Wildman–Crippen LogP) is 4.95. The zero-order valence-corrected chi connectivity index (χ0v) is 15.5. The molecule has 0 spiro atoms. The molecule has 0 saturated heterocycles. The lowest BCUT2D eigenvalue weighted by atomic mass is 10.1. The quantitative estimate of drug-likeness (QED) is 0.536. The van der Waals surface area contributed by atoms with Gasteiger partial charge in [-0.2, -0.15) is 0 Å². The van der Waals surface area contributed by atoms with Crippen LogP contribution in [-0.4, -0.2) is 15.9 Å². The molecule has 4 rings (SSSR count). The van der Waals surface area contributed by atoms with E-state index in [0.29, 0.717) is 12.2 Å². The molecule has 1 N–H and O–H groups in total. The number of aryl methyl sites for hydroxylation is 1. The number of rotatable bonds is 5. The summed E-state index contributed by atoms with van der Waals surface area (Å²) in [4.78, 5) is 20.7. The summed E-state index contributed by atoms with van der Waals surface area (Å²) >= 11 is 1.63. The van der Waals surface area contributed by atoms with E-state index in [4.69, 9.17) is 4.42 Å². The highest BCUT2D eigenvalue weighted by molar-refractivity contribution is 7.09. The van der Waals surface area contributed by atoms with E-state index in [9.17, 15) is 4.79 Å². The first-order valence-corrected chi connectivity index (χ1v) is 9.35. The van der Waals surface area contributed by atoms with Gasteiger partial charge in [-0.05, 0) is 36.8 Å². The van der Waals surface area contributed by atoms with Crippen molar-refractivity contribution in [3.05, 3.63) is 77.1 Å². The molecule has 0 aliphatic rings. The van der Waals surface area contributed by atoms with Crippen molar-refractivity contribution in [2.75, 3.05) is 5.32 Å². The van der Waals surface area contributed by atoms with Gasteiger partial charge in [-0.3, -0.25) is 4.79 Å². The van der Waals surface area contributed by atoms with Gasteiger partial charge < -0.3 is 9.73 Å². The maximum atomic E-state index is 12.3. The minimum atomic E-state index is -0.0559. The van der Waals surface area contributed by atoms with Gasteiger partial charge in [-0.15, -0.1) is 11.3 Å². The molecule has 0 aliphatic heterocycles. The number of oxazole rings is 1. The van der Waals surface area contributed by atoms with E-state index in [1.807, 2.05) is 60.8 Å². The first kappa shape index (κ1) is 17.2. The van der Waals surface area contributed by atoms with E-state index >= 15 is 0 Å². The third-order valence-corrected chi connectivity index (χ3v) is 4.89. The van der Waals surface area contributed by atoms with E-state index < -0.39 is 0 Å². The Labute approximate surface area is 160 Å². The molecular formula is C21H17N3O2S. The van der Waals surface area contributed by atoms with Gasteiger partial charge in [0.15, 0.2) is 12.2 Å². The first-order valence-electron chi connectivity index (χ1n) is 8.47. The molecular weight excluding hydrogens is 358 g/mol. The molecule has 2 aromatic heterocycles. The predicted molar refractivity (Wildman–Crippen MR) is 107 cm³/mol. The van der Waals surface area contributed by atoms with Crippen molar-refractivity contribution in [1.29, 1.82) is 0 Å². The minimum Gasteiger partial charge on any atom is -0.444 e. The zero-order chi connectivity index (χ0) is 18.6. The number of aromatic nitrogens is 2. The highest BCUT2D eigenvalue weighted by Crippen LogP contribution is 2.23. The molecule has 0 aliphatic carbocycles. The van der Waals surface area contributed by atoms with Gasteiger partial charge in [-0.1, -0.05) is 24.3 Å². The van der Waals surface area contributed by atoms with Crippen LogP contribution >= 0.6 is 11.3 Å². The second kappa shape index (κ2) is 7.55. The number of thiazole rings is 1. The van der Waals surface area contributed by atoms with Crippen LogP contribution in [0.3, 0.4) is 0 Å². The highest BCUT2D eigenvalue weighted by atomic mass is 32.1. The van der Waals surface area contributed by atoms with Crippen LogP contribution in [-0.2, 0) is 11.2 Å². The van der Waals surface area contributed by atoms with Crippen LogP contribution in [0.15, 0.2) is 70.9 Å². The van der Waals surface area contributed by atoms with Crippen molar-refractivity contribution >= 4 is 22.9 Å². The second-order valence-electron chi connectivity index (χ2n) is 6.12. The highest BCUT2D eigenvalue weighted by Gasteiger charge is 2.07. The maximum Gasteiger partial charge on any atom is 0.228 e. The van der Waals surface area contributed by atoms with Gasteiger partial charge in [0.2, 0.25) is 5.91 Å². The van der Waals surface area contributed by atoms with Gasteiger partial charge in [0, 0.05) is 22.2 Å². The van der Waals surface area contributed by atoms with E-state index in [2.05, 4.69) is 15.3 Å². The normalized spacial score (nSPS) is 10.7. The zero-order valence-electron chi connectivity index (χ0n) is 14.7. The summed E-state index contributed by atoms with van der Waals surface area (Å²) in [6.45, 7) is 1.99. The monoisotopic (exact) mass is 375 g/mol. The SMILES string of the molecule is Cc1nc(-c2ccc(CC(=O)Nc3ccc(-c4cnco4)cc3)cc2)cs1. The standard InChI is InChI=1S/C21H17N3O2S/c1-14-23-19(12-27-14)16-4-2-15(3-5-16)10-21(25)24-18-8-6-17(7-9-18)20-11-22-13-26-20/h2-9,11-13H,10H2,1H3,(H,24,25). The Bertz CT molecular complexity index is 1040. The third-order valence-electron chi connectivity index (χ3n) is 4.12. The smallest absolute Gasteiger partial charge is 0.228 e. The molecule has 2 aromatic carbocycles. The number of benzene rings is 2. The van der Waals surface area contributed by atoms with Crippen LogP contribution in [0.1, 0.15) is 10.6 Å². The Kier molecular flexibility index (Phi) is 4.80. The summed E-state index contributed by atoms with van der Waals surface area (Å²) in [5.74, 6) is 0.642. The van der Waals surface area contributed by atoms with E-state index in [-0.39, 0.29) is 5.91 Å². The third kappa shape index (κ3) is 4.12. The average Bonchev–Trinajstić information content (AvgIpc) is 3.35. The Morgan fingerprint density at radius 3 is 2.44 bits per heavy atom. The van der Waals surface area contributed by atoms with Gasteiger partial charge in [0.05, 0.1) is 23.3 Å². The molecule has 27 heavy (non-hydrogen) atoms. The van der Waals surface area contributed by atoms with Gasteiger partial charge in [0.1, 0.15) is 0 Å². The van der Waals surface area contributed by atoms with Crippen molar-refractivity contribution in [2.45, 2.75) is 13.3 Å². The molecule has 0 saturated carbocycles. The summed E-state index contributed by atoms with van der Waals surface area (Å²) in [6.07, 6.45) is 3.37. The number of nitrogens with one attached hydrogen (secondary N) is 1. The fourth-order valence-electron chi connectivity index (χ4n) is 2.76. The van der Waals surface area contributed by atoms with Crippen LogP contribution in [0.2, 0.25) is 0 Å². The topological polar surface area (TPSA) is 68.0 Å². The van der Waals surface area contributed by atoms with E-state index in [0.717, 1.165) is 33.1 Å². The van der Waals surface area contributed by atoms with Crippen molar-refractivity contribution in [1.82, 2.24) is 9.97 Å². The molecule has 4 aromatic rings. The first-order chi connectivity index (χ1) is 13.2. The van der Waals surface area contributed by atoms with Crippen molar-refractivity contribution < 1.29 is 9.21 Å². The number of nitrogens with zero attached hydrogens (tertiary/aromatic N) is 2. The number of carbonyl (C=O) groups is 1. The molecule has 0 radical (unpaired) electrons. The summed E-state index contributed by atoms with van der Waals surface area (Å²) in [7, 11) is 0. The minimum absolute atomic E-state index is 0.0559. The fraction of sp³-hybridized carbons (Fsp3) is 0.0952. The van der Waals surface area contributed by atoms with E-state index in [1.54, 1.807) is 17.5 Å². The van der Waals surface area contributed by atoms with Crippen LogP contribution < -0.4 is 5.32 Å². The molecule has 6 heteroatoms. The summed E-state index contributed by atoms with van der Waals surface area (Å²) < 4.78 is 5.26. The van der Waals surface area contributed by atoms with Crippen LogP contribution in [0, 0.1) is 6.92 Å². The summed E-state index contributed by atoms with van der Waals surface area (Å²) in [5.41, 5.74) is 4.66. The summed E-state index contributed by atoms with van der Waals surface area (Å²) in [6, 6.07) is 15.4. The fourth-order valence-corrected chi connectivity index (χ4v) is 3.38. The van der Waals surface area contributed by atoms with Crippen molar-refractivity contribution in [3.8, 4) is 22.6 Å². The van der Waals surface area contributed by atoms with Gasteiger partial charge in [-0.25, -0.2) is 9.97 Å². The van der Waals surface area contributed by atoms with Crippen LogP contribution in [0.25, 0.3) is 22.6 Å². The number of carbonyl (C=O) groups excluding carboxylic acids is 1. The second-order valence-corrected chi connectivity index (χ2v) is 7.18. The summed E-state index contributed by atoms with van der Waals surface area (Å²) in [5, 5.41) is 6.00. The number of anilines is 1. The molecule has 0 atom stereocenters. The molecule has 1 amide bonds. The van der Waals surface area contributed by atoms with E-state index in [1.165, 1.54) is 6.39 Å². The average molecular weight is 375 g/mol. The molecule has 5 nitrogen and oxygen atoms in total. The van der Waals surface area contributed by atoms with Gasteiger partial charge in [0.25, 0.3) is 0 Å². The largest absolute Gasteiger partial charge is 0.444 e. The Morgan fingerprint density at radius 2 is 1.81 bits per heavy atom. The lowest BCUT2D eigenvalue weighted by Gasteiger charge is -2.07. The lowest BCUT2D eigenvalue weighted by molar-refractivity contribution is -0.115. The molecule has 134 valence electrons. The number of hydrogen-bond acceptors (Lipinski definition) is 5. The molecule has 0 bridgehead atoms. The van der Waals surface area contributed by atoms with Crippen LogP contribution in [0.5, 0.6) is 0 Å². The van der Waals surface area contributed by atoms with Crippen LogP contribution in [0.4, 0.5) is 5.69 Å².